The molecule has 0 radical (unpaired) electrons. The van der Waals surface area contributed by atoms with Crippen LogP contribution in [0.15, 0.2) is 33.9 Å². The molecular formula is C21H34IN5O2. The third-order valence-electron chi connectivity index (χ3n) is 4.67. The summed E-state index contributed by atoms with van der Waals surface area (Å²) in [6, 6.07) is 5.94. The van der Waals surface area contributed by atoms with Gasteiger partial charge in [-0.1, -0.05) is 38.4 Å². The van der Waals surface area contributed by atoms with E-state index in [0.717, 1.165) is 42.7 Å². The summed E-state index contributed by atoms with van der Waals surface area (Å²) in [5.74, 6) is 2.61. The summed E-state index contributed by atoms with van der Waals surface area (Å²) in [6.45, 7) is 8.26. The van der Waals surface area contributed by atoms with E-state index in [9.17, 15) is 0 Å². The average molecular weight is 515 g/mol. The molecule has 0 spiro atoms. The molecule has 2 N–H and O–H groups in total. The van der Waals surface area contributed by atoms with E-state index in [-0.39, 0.29) is 24.0 Å². The van der Waals surface area contributed by atoms with E-state index < -0.39 is 0 Å². The van der Waals surface area contributed by atoms with Crippen LogP contribution in [-0.2, 0) is 13.1 Å². The van der Waals surface area contributed by atoms with E-state index in [1.807, 2.05) is 18.2 Å². The van der Waals surface area contributed by atoms with Crippen molar-refractivity contribution in [1.29, 1.82) is 0 Å². The molecule has 2 heterocycles. The largest absolute Gasteiger partial charge is 0.477 e. The molecule has 0 aliphatic heterocycles. The maximum absolute atomic E-state index is 5.78. The Morgan fingerprint density at radius 3 is 2.66 bits per heavy atom. The van der Waals surface area contributed by atoms with Gasteiger partial charge in [0.05, 0.1) is 18.8 Å². The Labute approximate surface area is 191 Å². The van der Waals surface area contributed by atoms with E-state index in [1.54, 1.807) is 13.2 Å². The van der Waals surface area contributed by atoms with Gasteiger partial charge in [-0.15, -0.1) is 24.0 Å². The molecule has 2 aromatic rings. The molecule has 7 nitrogen and oxygen atoms in total. The minimum Gasteiger partial charge on any atom is -0.477 e. The Hall–Kier alpha value is -1.84. The number of hydrogen-bond acceptors (Lipinski definition) is 5. The van der Waals surface area contributed by atoms with Crippen LogP contribution in [0, 0.1) is 0 Å². The van der Waals surface area contributed by atoms with Gasteiger partial charge in [-0.2, -0.15) is 0 Å². The van der Waals surface area contributed by atoms with Crippen LogP contribution in [0.3, 0.4) is 0 Å². The quantitative estimate of drug-likeness (QED) is 0.197. The van der Waals surface area contributed by atoms with Crippen LogP contribution < -0.4 is 15.4 Å². The van der Waals surface area contributed by atoms with Crippen LogP contribution in [0.2, 0.25) is 0 Å². The van der Waals surface area contributed by atoms with Crippen LogP contribution in [0.1, 0.15) is 69.4 Å². The second-order valence-electron chi connectivity index (χ2n) is 6.68. The van der Waals surface area contributed by atoms with Crippen LogP contribution >= 0.6 is 24.0 Å². The van der Waals surface area contributed by atoms with E-state index in [4.69, 9.17) is 9.26 Å². The normalized spacial score (nSPS) is 11.3. The van der Waals surface area contributed by atoms with Gasteiger partial charge in [-0.3, -0.25) is 4.99 Å². The molecular weight excluding hydrogens is 481 g/mol. The number of aliphatic imine (C=N–C) groups is 1. The molecule has 0 saturated heterocycles. The lowest BCUT2D eigenvalue weighted by Gasteiger charge is -2.13. The summed E-state index contributed by atoms with van der Waals surface area (Å²) in [7, 11) is 1.74. The molecule has 0 aliphatic carbocycles. The molecule has 0 unspecified atom stereocenters. The van der Waals surface area contributed by atoms with Crippen molar-refractivity contribution < 1.29 is 9.26 Å². The van der Waals surface area contributed by atoms with E-state index in [2.05, 4.69) is 46.5 Å². The van der Waals surface area contributed by atoms with Gasteiger partial charge in [-0.05, 0) is 25.3 Å². The highest BCUT2D eigenvalue weighted by molar-refractivity contribution is 14.0. The highest BCUT2D eigenvalue weighted by atomic mass is 127. The van der Waals surface area contributed by atoms with Gasteiger partial charge in [-0.25, -0.2) is 4.98 Å². The summed E-state index contributed by atoms with van der Waals surface area (Å²) >= 11 is 0. The monoisotopic (exact) mass is 515 g/mol. The topological polar surface area (TPSA) is 84.6 Å². The van der Waals surface area contributed by atoms with E-state index >= 15 is 0 Å². The van der Waals surface area contributed by atoms with Gasteiger partial charge in [0.2, 0.25) is 5.88 Å². The molecule has 2 rings (SSSR count). The first-order chi connectivity index (χ1) is 13.7. The first-order valence-electron chi connectivity index (χ1n) is 10.2. The highest BCUT2D eigenvalue weighted by Gasteiger charge is 2.13. The lowest BCUT2D eigenvalue weighted by Crippen LogP contribution is -2.36. The van der Waals surface area contributed by atoms with Crippen molar-refractivity contribution >= 4 is 29.9 Å². The number of ether oxygens (including phenoxy) is 1. The SMILES string of the molecule is CCCCOc1ncccc1CNC(=NC)NCc1cc(C(CC)CC)no1.I. The first-order valence-corrected chi connectivity index (χ1v) is 10.2. The van der Waals surface area contributed by atoms with Gasteiger partial charge in [0.25, 0.3) is 0 Å². The van der Waals surface area contributed by atoms with Crippen LogP contribution in [0.25, 0.3) is 0 Å². The fourth-order valence-corrected chi connectivity index (χ4v) is 2.88. The Morgan fingerprint density at radius 2 is 1.97 bits per heavy atom. The number of unbranched alkanes of at least 4 members (excludes halogenated alkanes) is 1. The molecule has 0 amide bonds. The molecule has 0 atom stereocenters. The van der Waals surface area contributed by atoms with Crippen molar-refractivity contribution in [2.75, 3.05) is 13.7 Å². The summed E-state index contributed by atoms with van der Waals surface area (Å²) in [6.07, 6.45) is 5.99. The zero-order valence-electron chi connectivity index (χ0n) is 17.9. The van der Waals surface area contributed by atoms with Gasteiger partial charge in [0, 0.05) is 37.3 Å². The molecule has 0 fully saturated rings. The summed E-state index contributed by atoms with van der Waals surface area (Å²) in [5, 5.41) is 10.8. The molecule has 2 aromatic heterocycles. The predicted molar refractivity (Wildman–Crippen MR) is 127 cm³/mol. The Morgan fingerprint density at radius 1 is 1.21 bits per heavy atom. The number of halogens is 1. The van der Waals surface area contributed by atoms with Crippen LogP contribution in [-0.4, -0.2) is 29.8 Å². The van der Waals surface area contributed by atoms with Gasteiger partial charge in [0.1, 0.15) is 0 Å². The van der Waals surface area contributed by atoms with Crippen molar-refractivity contribution in [2.45, 2.75) is 65.5 Å². The zero-order chi connectivity index (χ0) is 20.2. The number of rotatable bonds is 11. The number of pyridine rings is 1. The summed E-state index contributed by atoms with van der Waals surface area (Å²) in [4.78, 5) is 8.61. The van der Waals surface area contributed by atoms with E-state index in [1.165, 1.54) is 0 Å². The minimum absolute atomic E-state index is 0. The van der Waals surface area contributed by atoms with Crippen molar-refractivity contribution in [3.05, 3.63) is 41.4 Å². The zero-order valence-corrected chi connectivity index (χ0v) is 20.2. The predicted octanol–water partition coefficient (Wildman–Crippen LogP) is 4.64. The molecule has 0 bridgehead atoms. The standard InChI is InChI=1S/C21H33N5O2.HI/c1-5-8-12-27-20-17(10-9-11-23-20)14-24-21(22-4)25-15-18-13-19(26-28-18)16(6-2)7-3;/h9-11,13,16H,5-8,12,14-15H2,1-4H3,(H2,22,24,25);1H. The number of hydrogen-bond donors (Lipinski definition) is 2. The Bertz CT molecular complexity index is 731. The fourth-order valence-electron chi connectivity index (χ4n) is 2.88. The first kappa shape index (κ1) is 25.2. The molecule has 0 aromatic carbocycles. The van der Waals surface area contributed by atoms with Crippen LogP contribution in [0.5, 0.6) is 5.88 Å². The smallest absolute Gasteiger partial charge is 0.218 e. The maximum Gasteiger partial charge on any atom is 0.218 e. The third-order valence-corrected chi connectivity index (χ3v) is 4.67. The third kappa shape index (κ3) is 8.20. The molecule has 162 valence electrons. The van der Waals surface area contributed by atoms with Crippen molar-refractivity contribution in [1.82, 2.24) is 20.8 Å². The fraction of sp³-hybridized carbons (Fsp3) is 0.571. The highest BCUT2D eigenvalue weighted by Crippen LogP contribution is 2.22. The lowest BCUT2D eigenvalue weighted by molar-refractivity contribution is 0.294. The molecule has 29 heavy (non-hydrogen) atoms. The Kier molecular flexibility index (Phi) is 12.3. The maximum atomic E-state index is 5.78. The van der Waals surface area contributed by atoms with Gasteiger partial charge < -0.3 is 19.9 Å². The minimum atomic E-state index is 0. The van der Waals surface area contributed by atoms with E-state index in [0.29, 0.717) is 37.5 Å². The van der Waals surface area contributed by atoms with Gasteiger partial charge >= 0.3 is 0 Å². The summed E-state index contributed by atoms with van der Waals surface area (Å²) < 4.78 is 11.2. The average Bonchev–Trinajstić information content (AvgIpc) is 3.19. The molecule has 8 heteroatoms. The second-order valence-corrected chi connectivity index (χ2v) is 6.68. The van der Waals surface area contributed by atoms with Crippen molar-refractivity contribution in [2.24, 2.45) is 4.99 Å². The van der Waals surface area contributed by atoms with Gasteiger partial charge in [0.15, 0.2) is 11.7 Å². The van der Waals surface area contributed by atoms with Crippen LogP contribution in [0.4, 0.5) is 0 Å². The Balaban J connectivity index is 0.00000420. The van der Waals surface area contributed by atoms with Crippen molar-refractivity contribution in [3.63, 3.8) is 0 Å². The molecule has 0 aliphatic rings. The van der Waals surface area contributed by atoms with Crippen molar-refractivity contribution in [3.8, 4) is 5.88 Å². The number of guanidine groups is 1. The molecule has 0 saturated carbocycles. The number of nitrogens with zero attached hydrogens (tertiary/aromatic N) is 3. The number of aromatic nitrogens is 2. The second kappa shape index (κ2) is 14.2. The lowest BCUT2D eigenvalue weighted by atomic mass is 9.99. The summed E-state index contributed by atoms with van der Waals surface area (Å²) in [5.41, 5.74) is 2.02. The number of nitrogens with one attached hydrogen (secondary N) is 2.